The maximum atomic E-state index is 11.8. The van der Waals surface area contributed by atoms with Crippen LogP contribution < -0.4 is 0 Å². The lowest BCUT2D eigenvalue weighted by Gasteiger charge is -2.30. The van der Waals surface area contributed by atoms with E-state index in [-0.39, 0.29) is 6.54 Å². The zero-order valence-electron chi connectivity index (χ0n) is 10.7. The first kappa shape index (κ1) is 13.5. The standard InChI is InChI=1S/C12H19NO4/c1-8-5-6-13(7-9(8)10(14)15)11(16)17-12(2,3)4/h5-7H2,1-4H3,(H,14,15). The average molecular weight is 241 g/mol. The molecule has 96 valence electrons. The van der Waals surface area contributed by atoms with Gasteiger partial charge in [0.05, 0.1) is 12.1 Å². The molecule has 0 atom stereocenters. The van der Waals surface area contributed by atoms with Crippen LogP contribution >= 0.6 is 0 Å². The molecule has 5 heteroatoms. The van der Waals surface area contributed by atoms with Gasteiger partial charge in [0.1, 0.15) is 5.60 Å². The van der Waals surface area contributed by atoms with E-state index in [0.29, 0.717) is 18.5 Å². The van der Waals surface area contributed by atoms with Crippen LogP contribution in [0.3, 0.4) is 0 Å². The number of amides is 1. The number of nitrogens with zero attached hydrogens (tertiary/aromatic N) is 1. The number of hydrogen-bond donors (Lipinski definition) is 1. The van der Waals surface area contributed by atoms with Crippen LogP contribution in [-0.2, 0) is 9.53 Å². The highest BCUT2D eigenvalue weighted by Gasteiger charge is 2.28. The number of carbonyl (C=O) groups is 2. The molecular weight excluding hydrogens is 222 g/mol. The SMILES string of the molecule is CC1=C(C(=O)O)CN(C(=O)OC(C)(C)C)CC1. The predicted octanol–water partition coefficient (Wildman–Crippen LogP) is 2.03. The van der Waals surface area contributed by atoms with Gasteiger partial charge in [0.2, 0.25) is 0 Å². The molecule has 1 aliphatic heterocycles. The monoisotopic (exact) mass is 241 g/mol. The Morgan fingerprint density at radius 2 is 1.94 bits per heavy atom. The molecule has 0 aromatic heterocycles. The van der Waals surface area contributed by atoms with Crippen molar-refractivity contribution in [3.05, 3.63) is 11.1 Å². The van der Waals surface area contributed by atoms with E-state index < -0.39 is 17.7 Å². The summed E-state index contributed by atoms with van der Waals surface area (Å²) in [6.45, 7) is 7.78. The number of aliphatic carboxylic acids is 1. The summed E-state index contributed by atoms with van der Waals surface area (Å²) in [7, 11) is 0. The van der Waals surface area contributed by atoms with Crippen LogP contribution in [0.4, 0.5) is 4.79 Å². The molecule has 0 saturated carbocycles. The first-order valence-electron chi connectivity index (χ1n) is 5.60. The number of hydrogen-bond acceptors (Lipinski definition) is 3. The van der Waals surface area contributed by atoms with E-state index in [0.717, 1.165) is 5.57 Å². The van der Waals surface area contributed by atoms with Crippen LogP contribution in [0.15, 0.2) is 11.1 Å². The van der Waals surface area contributed by atoms with Gasteiger partial charge in [-0.25, -0.2) is 9.59 Å². The highest BCUT2D eigenvalue weighted by molar-refractivity contribution is 5.89. The van der Waals surface area contributed by atoms with Gasteiger partial charge in [-0.15, -0.1) is 0 Å². The lowest BCUT2D eigenvalue weighted by atomic mass is 10.0. The summed E-state index contributed by atoms with van der Waals surface area (Å²) in [6.07, 6.45) is 0.129. The van der Waals surface area contributed by atoms with Gasteiger partial charge >= 0.3 is 12.1 Å². The predicted molar refractivity (Wildman–Crippen MR) is 62.8 cm³/mol. The van der Waals surface area contributed by atoms with E-state index in [9.17, 15) is 9.59 Å². The van der Waals surface area contributed by atoms with Crippen molar-refractivity contribution in [3.8, 4) is 0 Å². The first-order chi connectivity index (χ1) is 7.70. The fraction of sp³-hybridized carbons (Fsp3) is 0.667. The summed E-state index contributed by atoms with van der Waals surface area (Å²) < 4.78 is 5.21. The Morgan fingerprint density at radius 1 is 1.35 bits per heavy atom. The fourth-order valence-electron chi connectivity index (χ4n) is 1.59. The normalized spacial score (nSPS) is 17.1. The van der Waals surface area contributed by atoms with Crippen molar-refractivity contribution in [1.29, 1.82) is 0 Å². The highest BCUT2D eigenvalue weighted by atomic mass is 16.6. The molecule has 1 amide bonds. The molecule has 1 aliphatic rings. The molecule has 0 unspecified atom stereocenters. The summed E-state index contributed by atoms with van der Waals surface area (Å²) in [5.41, 5.74) is 0.566. The molecule has 0 aromatic carbocycles. The van der Waals surface area contributed by atoms with E-state index in [1.54, 1.807) is 27.7 Å². The molecule has 0 spiro atoms. The van der Waals surface area contributed by atoms with Crippen LogP contribution in [-0.4, -0.2) is 40.8 Å². The van der Waals surface area contributed by atoms with Crippen molar-refractivity contribution in [2.75, 3.05) is 13.1 Å². The van der Waals surface area contributed by atoms with Crippen LogP contribution in [0.2, 0.25) is 0 Å². The van der Waals surface area contributed by atoms with Crippen molar-refractivity contribution >= 4 is 12.1 Å². The summed E-state index contributed by atoms with van der Waals surface area (Å²) in [4.78, 5) is 24.2. The van der Waals surface area contributed by atoms with Crippen molar-refractivity contribution < 1.29 is 19.4 Å². The van der Waals surface area contributed by atoms with Gasteiger partial charge < -0.3 is 14.7 Å². The van der Waals surface area contributed by atoms with Gasteiger partial charge in [-0.2, -0.15) is 0 Å². The minimum Gasteiger partial charge on any atom is -0.478 e. The van der Waals surface area contributed by atoms with Gasteiger partial charge in [-0.1, -0.05) is 5.57 Å². The quantitative estimate of drug-likeness (QED) is 0.762. The van der Waals surface area contributed by atoms with Gasteiger partial charge in [-0.05, 0) is 34.1 Å². The highest BCUT2D eigenvalue weighted by Crippen LogP contribution is 2.20. The van der Waals surface area contributed by atoms with Gasteiger partial charge in [-0.3, -0.25) is 0 Å². The van der Waals surface area contributed by atoms with Crippen LogP contribution in [0.5, 0.6) is 0 Å². The fourth-order valence-corrected chi connectivity index (χ4v) is 1.59. The summed E-state index contributed by atoms with van der Waals surface area (Å²) in [5, 5.41) is 9.00. The molecule has 0 bridgehead atoms. The van der Waals surface area contributed by atoms with Crippen molar-refractivity contribution in [2.45, 2.75) is 39.7 Å². The molecule has 17 heavy (non-hydrogen) atoms. The lowest BCUT2D eigenvalue weighted by Crippen LogP contribution is -2.41. The molecule has 0 fully saturated rings. The third-order valence-electron chi connectivity index (χ3n) is 2.53. The maximum absolute atomic E-state index is 11.8. The molecule has 0 aliphatic carbocycles. The minimum atomic E-state index is -0.962. The van der Waals surface area contributed by atoms with E-state index in [2.05, 4.69) is 0 Å². The van der Waals surface area contributed by atoms with Crippen molar-refractivity contribution in [3.63, 3.8) is 0 Å². The third kappa shape index (κ3) is 3.76. The Bertz CT molecular complexity index is 365. The molecule has 1 heterocycles. The Morgan fingerprint density at radius 3 is 2.41 bits per heavy atom. The van der Waals surface area contributed by atoms with Gasteiger partial charge in [0, 0.05) is 6.54 Å². The van der Waals surface area contributed by atoms with Gasteiger partial charge in [0.25, 0.3) is 0 Å². The minimum absolute atomic E-state index is 0.121. The second-order valence-electron chi connectivity index (χ2n) is 5.22. The average Bonchev–Trinajstić information content (AvgIpc) is 2.14. The largest absolute Gasteiger partial charge is 0.478 e. The molecule has 1 rings (SSSR count). The Hall–Kier alpha value is -1.52. The zero-order valence-corrected chi connectivity index (χ0v) is 10.7. The summed E-state index contributed by atoms with van der Waals surface area (Å²) in [5.74, 6) is -0.962. The molecule has 0 aromatic rings. The van der Waals surface area contributed by atoms with Crippen LogP contribution in [0, 0.1) is 0 Å². The number of ether oxygens (including phenoxy) is 1. The zero-order chi connectivity index (χ0) is 13.2. The molecule has 5 nitrogen and oxygen atoms in total. The second-order valence-corrected chi connectivity index (χ2v) is 5.22. The topological polar surface area (TPSA) is 66.8 Å². The maximum Gasteiger partial charge on any atom is 0.410 e. The molecule has 0 radical (unpaired) electrons. The number of carboxylic acids is 1. The van der Waals surface area contributed by atoms with E-state index >= 15 is 0 Å². The van der Waals surface area contributed by atoms with E-state index in [1.165, 1.54) is 4.90 Å². The first-order valence-corrected chi connectivity index (χ1v) is 5.60. The molecule has 1 N–H and O–H groups in total. The van der Waals surface area contributed by atoms with Crippen LogP contribution in [0.25, 0.3) is 0 Å². The van der Waals surface area contributed by atoms with Gasteiger partial charge in [0.15, 0.2) is 0 Å². The van der Waals surface area contributed by atoms with E-state index in [4.69, 9.17) is 9.84 Å². The van der Waals surface area contributed by atoms with Crippen LogP contribution in [0.1, 0.15) is 34.1 Å². The van der Waals surface area contributed by atoms with E-state index in [1.807, 2.05) is 0 Å². The molecule has 0 saturated heterocycles. The molecular formula is C12H19NO4. The number of rotatable bonds is 1. The Labute approximate surface area is 101 Å². The number of carboxylic acid groups (broad SMARTS) is 1. The smallest absolute Gasteiger partial charge is 0.410 e. The second kappa shape index (κ2) is 4.77. The Balaban J connectivity index is 2.72. The third-order valence-corrected chi connectivity index (χ3v) is 2.53. The summed E-state index contributed by atoms with van der Waals surface area (Å²) in [6, 6.07) is 0. The summed E-state index contributed by atoms with van der Waals surface area (Å²) >= 11 is 0. The Kier molecular flexibility index (Phi) is 3.80. The van der Waals surface area contributed by atoms with Crippen molar-refractivity contribution in [1.82, 2.24) is 4.90 Å². The van der Waals surface area contributed by atoms with Crippen molar-refractivity contribution in [2.24, 2.45) is 0 Å². The number of carbonyl (C=O) groups excluding carboxylic acids is 1. The lowest BCUT2D eigenvalue weighted by molar-refractivity contribution is -0.133.